The third kappa shape index (κ3) is 2.18. The van der Waals surface area contributed by atoms with Crippen LogP contribution in [0.3, 0.4) is 0 Å². The van der Waals surface area contributed by atoms with Crippen LogP contribution in [0.4, 0.5) is 0 Å². The number of hydrogen-bond donors (Lipinski definition) is 0. The molecule has 0 radical (unpaired) electrons. The molecular formula is C16H10Br2O4. The number of carbonyl (C=O) groups is 2. The van der Waals surface area contributed by atoms with E-state index in [2.05, 4.69) is 31.9 Å². The highest BCUT2D eigenvalue weighted by Crippen LogP contribution is 2.44. The Kier molecular flexibility index (Phi) is 3.82. The molecule has 1 aliphatic rings. The number of hydrogen-bond acceptors (Lipinski definition) is 4. The van der Waals surface area contributed by atoms with Crippen molar-refractivity contribution in [1.29, 1.82) is 0 Å². The van der Waals surface area contributed by atoms with Crippen LogP contribution in [0, 0.1) is 0 Å². The van der Waals surface area contributed by atoms with Crippen LogP contribution in [0.5, 0.6) is 11.5 Å². The molecule has 0 unspecified atom stereocenters. The second-order valence-corrected chi connectivity index (χ2v) is 6.55. The fourth-order valence-electron chi connectivity index (χ4n) is 2.61. The molecule has 2 aromatic rings. The SMILES string of the molecule is COc1cc(Br)cc2c1C(=O)C(=O)c1c(OC)cc(Br)cc1-2. The maximum atomic E-state index is 12.5. The summed E-state index contributed by atoms with van der Waals surface area (Å²) in [7, 11) is 2.94. The number of carbonyl (C=O) groups excluding carboxylic acids is 2. The zero-order valence-corrected chi connectivity index (χ0v) is 14.9. The topological polar surface area (TPSA) is 52.6 Å². The molecule has 0 spiro atoms. The first kappa shape index (κ1) is 15.2. The van der Waals surface area contributed by atoms with Gasteiger partial charge < -0.3 is 9.47 Å². The average molecular weight is 426 g/mol. The second kappa shape index (κ2) is 5.52. The number of rotatable bonds is 2. The van der Waals surface area contributed by atoms with Crippen molar-refractivity contribution in [3.05, 3.63) is 44.3 Å². The number of methoxy groups -OCH3 is 2. The average Bonchev–Trinajstić information content (AvgIpc) is 2.50. The molecule has 0 heterocycles. The summed E-state index contributed by atoms with van der Waals surface area (Å²) in [6.45, 7) is 0. The van der Waals surface area contributed by atoms with Crippen LogP contribution in [0.1, 0.15) is 20.7 Å². The summed E-state index contributed by atoms with van der Waals surface area (Å²) < 4.78 is 12.1. The molecule has 0 bridgehead atoms. The number of ketones is 2. The number of fused-ring (bicyclic) bond motifs is 3. The van der Waals surface area contributed by atoms with E-state index in [1.54, 1.807) is 24.3 Å². The van der Waals surface area contributed by atoms with E-state index in [1.165, 1.54) is 14.2 Å². The van der Waals surface area contributed by atoms with Crippen molar-refractivity contribution in [1.82, 2.24) is 0 Å². The van der Waals surface area contributed by atoms with E-state index in [0.717, 1.165) is 8.95 Å². The third-order valence-electron chi connectivity index (χ3n) is 3.52. The molecule has 0 saturated carbocycles. The van der Waals surface area contributed by atoms with Crippen molar-refractivity contribution in [3.63, 3.8) is 0 Å². The third-order valence-corrected chi connectivity index (χ3v) is 4.44. The minimum absolute atomic E-state index is 0.281. The first-order chi connectivity index (χ1) is 10.5. The highest BCUT2D eigenvalue weighted by Gasteiger charge is 2.36. The van der Waals surface area contributed by atoms with Crippen LogP contribution < -0.4 is 9.47 Å². The number of halogens is 2. The Morgan fingerprint density at radius 3 is 1.41 bits per heavy atom. The quantitative estimate of drug-likeness (QED) is 0.674. The molecule has 112 valence electrons. The van der Waals surface area contributed by atoms with Gasteiger partial charge in [-0.25, -0.2) is 0 Å². The molecule has 0 atom stereocenters. The van der Waals surface area contributed by atoms with Crippen LogP contribution in [-0.2, 0) is 0 Å². The van der Waals surface area contributed by atoms with Gasteiger partial charge in [-0.2, -0.15) is 0 Å². The Labute approximate surface area is 143 Å². The van der Waals surface area contributed by atoms with Crippen LogP contribution in [0.25, 0.3) is 11.1 Å². The number of Topliss-reactive ketones (excluding diaryl/α,β-unsaturated/α-hetero) is 2. The Balaban J connectivity index is 2.46. The summed E-state index contributed by atoms with van der Waals surface area (Å²) in [5.41, 5.74) is 1.85. The van der Waals surface area contributed by atoms with Crippen LogP contribution in [0.15, 0.2) is 33.2 Å². The van der Waals surface area contributed by atoms with E-state index in [4.69, 9.17) is 9.47 Å². The lowest BCUT2D eigenvalue weighted by molar-refractivity contribution is 0.0811. The van der Waals surface area contributed by atoms with Crippen molar-refractivity contribution < 1.29 is 19.1 Å². The van der Waals surface area contributed by atoms with Gasteiger partial charge in [-0.15, -0.1) is 0 Å². The van der Waals surface area contributed by atoms with E-state index < -0.39 is 11.6 Å². The minimum atomic E-state index is -0.590. The molecule has 22 heavy (non-hydrogen) atoms. The summed E-state index contributed by atoms with van der Waals surface area (Å²) >= 11 is 6.81. The van der Waals surface area contributed by atoms with Gasteiger partial charge in [-0.1, -0.05) is 31.9 Å². The molecule has 6 heteroatoms. The van der Waals surface area contributed by atoms with Crippen LogP contribution in [0.2, 0.25) is 0 Å². The summed E-state index contributed by atoms with van der Waals surface area (Å²) in [6, 6.07) is 6.94. The van der Waals surface area contributed by atoms with Gasteiger partial charge >= 0.3 is 0 Å². The molecule has 0 aromatic heterocycles. The predicted molar refractivity (Wildman–Crippen MR) is 89.0 cm³/mol. The van der Waals surface area contributed by atoms with E-state index in [9.17, 15) is 9.59 Å². The molecule has 0 fully saturated rings. The van der Waals surface area contributed by atoms with Gasteiger partial charge in [-0.3, -0.25) is 9.59 Å². The number of ether oxygens (including phenoxy) is 2. The van der Waals surface area contributed by atoms with Gasteiger partial charge in [0.1, 0.15) is 11.5 Å². The van der Waals surface area contributed by atoms with Gasteiger partial charge in [0.2, 0.25) is 11.6 Å². The molecule has 4 nitrogen and oxygen atoms in total. The largest absolute Gasteiger partial charge is 0.496 e. The summed E-state index contributed by atoms with van der Waals surface area (Å²) in [5.74, 6) is -0.445. The Morgan fingerprint density at radius 1 is 0.727 bits per heavy atom. The normalized spacial score (nSPS) is 12.7. The smallest absolute Gasteiger partial charge is 0.238 e. The minimum Gasteiger partial charge on any atom is -0.496 e. The Bertz CT molecular complexity index is 758. The van der Waals surface area contributed by atoms with Crippen molar-refractivity contribution in [3.8, 4) is 22.6 Å². The van der Waals surface area contributed by atoms with Crippen molar-refractivity contribution in [2.45, 2.75) is 0 Å². The lowest BCUT2D eigenvalue weighted by atomic mass is 9.83. The summed E-state index contributed by atoms with van der Waals surface area (Å²) in [4.78, 5) is 25.0. The fourth-order valence-corrected chi connectivity index (χ4v) is 3.48. The van der Waals surface area contributed by atoms with Crippen molar-refractivity contribution in [2.75, 3.05) is 14.2 Å². The zero-order valence-electron chi connectivity index (χ0n) is 11.7. The standard InChI is InChI=1S/C16H10Br2O4/c1-21-11-5-7(17)3-9-10-4-8(18)6-12(22-2)14(10)16(20)15(19)13(9)11/h3-6H,1-2H3. The van der Waals surface area contributed by atoms with E-state index in [0.29, 0.717) is 22.6 Å². The van der Waals surface area contributed by atoms with Gasteiger partial charge in [-0.05, 0) is 35.4 Å². The predicted octanol–water partition coefficient (Wildman–Crippen LogP) is 4.27. The molecule has 3 rings (SSSR count). The molecule has 0 aliphatic heterocycles. The summed E-state index contributed by atoms with van der Waals surface area (Å²) in [5, 5.41) is 0. The first-order valence-corrected chi connectivity index (χ1v) is 7.91. The maximum Gasteiger partial charge on any atom is 0.238 e. The van der Waals surface area contributed by atoms with Gasteiger partial charge in [0, 0.05) is 8.95 Å². The molecule has 2 aromatic carbocycles. The zero-order chi connectivity index (χ0) is 16.0. The second-order valence-electron chi connectivity index (χ2n) is 4.72. The Morgan fingerprint density at radius 2 is 1.09 bits per heavy atom. The molecule has 0 saturated heterocycles. The molecule has 1 aliphatic carbocycles. The highest BCUT2D eigenvalue weighted by molar-refractivity contribution is 9.10. The van der Waals surface area contributed by atoms with Gasteiger partial charge in [0.15, 0.2) is 0 Å². The monoisotopic (exact) mass is 424 g/mol. The Hall–Kier alpha value is -1.66. The summed E-state index contributed by atoms with van der Waals surface area (Å²) in [6.07, 6.45) is 0. The lowest BCUT2D eigenvalue weighted by Crippen LogP contribution is -2.23. The molecule has 0 N–H and O–H groups in total. The van der Waals surface area contributed by atoms with Gasteiger partial charge in [0.05, 0.1) is 25.3 Å². The lowest BCUT2D eigenvalue weighted by Gasteiger charge is -2.22. The fraction of sp³-hybridized carbons (Fsp3) is 0.125. The van der Waals surface area contributed by atoms with E-state index >= 15 is 0 Å². The van der Waals surface area contributed by atoms with Crippen LogP contribution in [-0.4, -0.2) is 25.8 Å². The van der Waals surface area contributed by atoms with Crippen LogP contribution >= 0.6 is 31.9 Å². The van der Waals surface area contributed by atoms with Gasteiger partial charge in [0.25, 0.3) is 0 Å². The molecular weight excluding hydrogens is 416 g/mol. The molecule has 0 amide bonds. The number of benzene rings is 2. The van der Waals surface area contributed by atoms with Crippen molar-refractivity contribution >= 4 is 43.4 Å². The first-order valence-electron chi connectivity index (χ1n) is 6.32. The van der Waals surface area contributed by atoms with Crippen molar-refractivity contribution in [2.24, 2.45) is 0 Å². The van der Waals surface area contributed by atoms with E-state index in [-0.39, 0.29) is 11.1 Å². The van der Waals surface area contributed by atoms with E-state index in [1.807, 2.05) is 0 Å². The maximum absolute atomic E-state index is 12.5. The highest BCUT2D eigenvalue weighted by atomic mass is 79.9.